The van der Waals surface area contributed by atoms with Crippen LogP contribution in [-0.2, 0) is 4.79 Å². The molecule has 2 nitrogen and oxygen atoms in total. The van der Waals surface area contributed by atoms with Gasteiger partial charge in [0.1, 0.15) is 0 Å². The molecule has 0 radical (unpaired) electrons. The third kappa shape index (κ3) is 2.73. The third-order valence-electron chi connectivity index (χ3n) is 4.37. The Kier molecular flexibility index (Phi) is 3.41. The van der Waals surface area contributed by atoms with Gasteiger partial charge < -0.3 is 5.32 Å². The van der Waals surface area contributed by atoms with E-state index in [0.717, 1.165) is 5.69 Å². The summed E-state index contributed by atoms with van der Waals surface area (Å²) in [6.07, 6.45) is 9.45. The fourth-order valence-electron chi connectivity index (χ4n) is 3.16. The minimum atomic E-state index is 0.199. The van der Waals surface area contributed by atoms with E-state index in [1.54, 1.807) is 0 Å². The van der Waals surface area contributed by atoms with Crippen molar-refractivity contribution in [1.29, 1.82) is 0 Å². The lowest BCUT2D eigenvalue weighted by Gasteiger charge is -2.05. The molecule has 1 aromatic rings. The number of amides is 1. The summed E-state index contributed by atoms with van der Waals surface area (Å²) >= 11 is 0. The van der Waals surface area contributed by atoms with Gasteiger partial charge in [-0.15, -0.1) is 0 Å². The Bertz CT molecular complexity index is 488. The Morgan fingerprint density at radius 3 is 2.79 bits per heavy atom. The highest BCUT2D eigenvalue weighted by atomic mass is 16.2. The molecule has 0 unspecified atom stereocenters. The topological polar surface area (TPSA) is 29.1 Å². The standard InChI is InChI=1S/C17H21NO/c1-12-8-10-13(11-9-12)18-17(19)16-14-6-4-2-3-5-7-15(14)16/h4,6,8-11,14-16H,2-3,5,7H2,1H3,(H,18,19)/t14-,15+,16-/m1/s1. The van der Waals surface area contributed by atoms with Crippen molar-refractivity contribution in [2.24, 2.45) is 17.8 Å². The average molecular weight is 255 g/mol. The van der Waals surface area contributed by atoms with Crippen molar-refractivity contribution >= 4 is 11.6 Å². The van der Waals surface area contributed by atoms with Crippen LogP contribution in [0.5, 0.6) is 0 Å². The molecule has 0 aromatic heterocycles. The number of hydrogen-bond donors (Lipinski definition) is 1. The lowest BCUT2D eigenvalue weighted by molar-refractivity contribution is -0.117. The molecule has 1 amide bonds. The molecular formula is C17H21NO. The molecule has 19 heavy (non-hydrogen) atoms. The molecule has 1 aromatic carbocycles. The predicted molar refractivity (Wildman–Crippen MR) is 77.9 cm³/mol. The Labute approximate surface area is 114 Å². The molecule has 0 bridgehead atoms. The van der Waals surface area contributed by atoms with E-state index in [9.17, 15) is 4.79 Å². The van der Waals surface area contributed by atoms with Crippen LogP contribution >= 0.6 is 0 Å². The SMILES string of the molecule is Cc1ccc(NC(=O)[C@@H]2[C@@H]3C=CCCCC[C@@H]32)cc1. The van der Waals surface area contributed by atoms with E-state index in [0.29, 0.717) is 11.8 Å². The smallest absolute Gasteiger partial charge is 0.228 e. The first-order valence-corrected chi connectivity index (χ1v) is 7.30. The van der Waals surface area contributed by atoms with Crippen molar-refractivity contribution in [3.8, 4) is 0 Å². The van der Waals surface area contributed by atoms with Crippen LogP contribution in [0.2, 0.25) is 0 Å². The zero-order valence-corrected chi connectivity index (χ0v) is 11.4. The molecule has 0 heterocycles. The molecule has 0 aliphatic heterocycles. The summed E-state index contributed by atoms with van der Waals surface area (Å²) in [6.45, 7) is 2.05. The number of benzene rings is 1. The van der Waals surface area contributed by atoms with Gasteiger partial charge in [0.2, 0.25) is 5.91 Å². The number of aryl methyl sites for hydroxylation is 1. The minimum Gasteiger partial charge on any atom is -0.326 e. The van der Waals surface area contributed by atoms with Crippen LogP contribution in [0.15, 0.2) is 36.4 Å². The minimum absolute atomic E-state index is 0.199. The second-order valence-electron chi connectivity index (χ2n) is 5.83. The highest BCUT2D eigenvalue weighted by molar-refractivity contribution is 5.95. The fourth-order valence-corrected chi connectivity index (χ4v) is 3.16. The number of hydrogen-bond acceptors (Lipinski definition) is 1. The molecule has 3 atom stereocenters. The zero-order valence-electron chi connectivity index (χ0n) is 11.4. The van der Waals surface area contributed by atoms with Gasteiger partial charge >= 0.3 is 0 Å². The molecule has 100 valence electrons. The number of nitrogens with one attached hydrogen (secondary N) is 1. The third-order valence-corrected chi connectivity index (χ3v) is 4.37. The highest BCUT2D eigenvalue weighted by Crippen LogP contribution is 2.51. The van der Waals surface area contributed by atoms with Crippen LogP contribution in [0.25, 0.3) is 0 Å². The normalized spacial score (nSPS) is 29.0. The van der Waals surface area contributed by atoms with E-state index >= 15 is 0 Å². The molecule has 2 aliphatic rings. The van der Waals surface area contributed by atoms with Crippen molar-refractivity contribution in [3.05, 3.63) is 42.0 Å². The predicted octanol–water partition coefficient (Wildman–Crippen LogP) is 3.93. The summed E-state index contributed by atoms with van der Waals surface area (Å²) in [5, 5.41) is 3.06. The van der Waals surface area contributed by atoms with Crippen LogP contribution in [0.1, 0.15) is 31.2 Å². The second-order valence-corrected chi connectivity index (χ2v) is 5.83. The molecule has 0 spiro atoms. The summed E-state index contributed by atoms with van der Waals surface area (Å²) in [4.78, 5) is 12.3. The van der Waals surface area contributed by atoms with Crippen molar-refractivity contribution in [2.45, 2.75) is 32.6 Å². The van der Waals surface area contributed by atoms with Gasteiger partial charge in [0.15, 0.2) is 0 Å². The van der Waals surface area contributed by atoms with Crippen molar-refractivity contribution < 1.29 is 4.79 Å². The molecule has 0 saturated heterocycles. The average Bonchev–Trinajstić information content (AvgIpc) is 3.03. The van der Waals surface area contributed by atoms with E-state index in [-0.39, 0.29) is 11.8 Å². The maximum atomic E-state index is 12.3. The Morgan fingerprint density at radius 2 is 2.00 bits per heavy atom. The molecular weight excluding hydrogens is 234 g/mol. The van der Waals surface area contributed by atoms with Gasteiger partial charge in [-0.25, -0.2) is 0 Å². The van der Waals surface area contributed by atoms with Gasteiger partial charge in [-0.05, 0) is 50.2 Å². The number of fused-ring (bicyclic) bond motifs is 1. The van der Waals surface area contributed by atoms with Crippen LogP contribution in [-0.4, -0.2) is 5.91 Å². The quantitative estimate of drug-likeness (QED) is 0.797. The lowest BCUT2D eigenvalue weighted by atomic mass is 10.1. The monoisotopic (exact) mass is 255 g/mol. The second kappa shape index (κ2) is 5.20. The van der Waals surface area contributed by atoms with Gasteiger partial charge in [0.05, 0.1) is 0 Å². The highest BCUT2D eigenvalue weighted by Gasteiger charge is 2.52. The summed E-state index contributed by atoms with van der Waals surface area (Å²) in [5.41, 5.74) is 2.13. The first kappa shape index (κ1) is 12.5. The fraction of sp³-hybridized carbons (Fsp3) is 0.471. The lowest BCUT2D eigenvalue weighted by Crippen LogP contribution is -2.15. The van der Waals surface area contributed by atoms with Crippen molar-refractivity contribution in [1.82, 2.24) is 0 Å². The number of anilines is 1. The summed E-state index contributed by atoms with van der Waals surface area (Å²) in [5.74, 6) is 1.48. The molecule has 2 aliphatic carbocycles. The van der Waals surface area contributed by atoms with E-state index in [2.05, 4.69) is 24.4 Å². The summed E-state index contributed by atoms with van der Waals surface area (Å²) < 4.78 is 0. The Balaban J connectivity index is 1.64. The van der Waals surface area contributed by atoms with Crippen molar-refractivity contribution in [2.75, 3.05) is 5.32 Å². The zero-order chi connectivity index (χ0) is 13.2. The number of carbonyl (C=O) groups excluding carboxylic acids is 1. The van der Waals surface area contributed by atoms with Gasteiger partial charge in [-0.2, -0.15) is 0 Å². The molecule has 3 rings (SSSR count). The maximum Gasteiger partial charge on any atom is 0.228 e. The van der Waals surface area contributed by atoms with Crippen molar-refractivity contribution in [3.63, 3.8) is 0 Å². The molecule has 1 fully saturated rings. The number of allylic oxidation sites excluding steroid dienone is 2. The van der Waals surface area contributed by atoms with Gasteiger partial charge in [0.25, 0.3) is 0 Å². The molecule has 1 saturated carbocycles. The Hall–Kier alpha value is -1.57. The Morgan fingerprint density at radius 1 is 1.21 bits per heavy atom. The van der Waals surface area contributed by atoms with Gasteiger partial charge in [-0.1, -0.05) is 36.3 Å². The van der Waals surface area contributed by atoms with E-state index < -0.39 is 0 Å². The van der Waals surface area contributed by atoms with E-state index in [1.807, 2.05) is 24.3 Å². The summed E-state index contributed by atoms with van der Waals surface area (Å²) in [7, 11) is 0. The molecule has 1 N–H and O–H groups in total. The van der Waals surface area contributed by atoms with E-state index in [4.69, 9.17) is 0 Å². The maximum absolute atomic E-state index is 12.3. The van der Waals surface area contributed by atoms with E-state index in [1.165, 1.54) is 31.2 Å². The van der Waals surface area contributed by atoms with Crippen LogP contribution in [0.3, 0.4) is 0 Å². The van der Waals surface area contributed by atoms with Crippen LogP contribution in [0, 0.1) is 24.7 Å². The summed E-state index contributed by atoms with van der Waals surface area (Å²) in [6, 6.07) is 8.03. The number of carbonyl (C=O) groups is 1. The largest absolute Gasteiger partial charge is 0.326 e. The van der Waals surface area contributed by atoms with Crippen LogP contribution in [0.4, 0.5) is 5.69 Å². The van der Waals surface area contributed by atoms with Gasteiger partial charge in [0, 0.05) is 11.6 Å². The molecule has 2 heteroatoms. The number of rotatable bonds is 2. The van der Waals surface area contributed by atoms with Gasteiger partial charge in [-0.3, -0.25) is 4.79 Å². The first-order valence-electron chi connectivity index (χ1n) is 7.30. The first-order chi connectivity index (χ1) is 9.25. The van der Waals surface area contributed by atoms with Crippen LogP contribution < -0.4 is 5.32 Å².